The Hall–Kier alpha value is -3.25. The molecule has 10 heteroatoms. The molecular weight excluding hydrogens is 653 g/mol. The number of methoxy groups -OCH3 is 1. The summed E-state index contributed by atoms with van der Waals surface area (Å²) >= 11 is 5.58. The Morgan fingerprint density at radius 1 is 1.19 bits per heavy atom. The van der Waals surface area contributed by atoms with Crippen molar-refractivity contribution < 1.29 is 19.4 Å². The van der Waals surface area contributed by atoms with Crippen molar-refractivity contribution in [1.82, 2.24) is 9.66 Å². The van der Waals surface area contributed by atoms with Crippen molar-refractivity contribution in [2.45, 2.75) is 26.4 Å². The number of aromatic nitrogens is 2. The minimum Gasteiger partial charge on any atom is -0.493 e. The molecule has 0 bridgehead atoms. The molecule has 0 aliphatic rings. The van der Waals surface area contributed by atoms with Crippen LogP contribution in [0.3, 0.4) is 0 Å². The number of ether oxygens (including phenoxy) is 2. The normalized spacial score (nSPS) is 11.2. The summed E-state index contributed by atoms with van der Waals surface area (Å²) in [6.07, 6.45) is 3.03. The van der Waals surface area contributed by atoms with Crippen LogP contribution in [0.1, 0.15) is 40.7 Å². The number of halogens is 2. The summed E-state index contributed by atoms with van der Waals surface area (Å²) in [6, 6.07) is 15.6. The molecule has 1 aromatic heterocycles. The second kappa shape index (κ2) is 11.9. The lowest BCUT2D eigenvalue weighted by Crippen LogP contribution is -2.22. The standard InChI is InChI=1S/C27H23BrIN3O5/c1-3-4-24-31-22-10-9-19(28)13-20(22)26(33)32(24)30-14-17-11-21(29)25(23(12-17)36-2)37-15-16-5-7-18(8-6-16)27(34)35/h5-14H,3-4,15H2,1-2H3,(H,34,35). The van der Waals surface area contributed by atoms with Crippen LogP contribution < -0.4 is 15.0 Å². The van der Waals surface area contributed by atoms with Crippen LogP contribution in [0.15, 0.2) is 69.0 Å². The van der Waals surface area contributed by atoms with E-state index in [1.807, 2.05) is 25.1 Å². The number of carboxylic acid groups (broad SMARTS) is 1. The van der Waals surface area contributed by atoms with Gasteiger partial charge in [0.2, 0.25) is 0 Å². The highest BCUT2D eigenvalue weighted by Crippen LogP contribution is 2.34. The van der Waals surface area contributed by atoms with Gasteiger partial charge in [-0.25, -0.2) is 9.78 Å². The Balaban J connectivity index is 1.63. The summed E-state index contributed by atoms with van der Waals surface area (Å²) in [6.45, 7) is 2.27. The van der Waals surface area contributed by atoms with Crippen molar-refractivity contribution in [2.75, 3.05) is 7.11 Å². The molecule has 0 saturated carbocycles. The molecule has 37 heavy (non-hydrogen) atoms. The van der Waals surface area contributed by atoms with Crippen molar-refractivity contribution in [1.29, 1.82) is 0 Å². The number of carboxylic acids is 1. The highest BCUT2D eigenvalue weighted by Gasteiger charge is 2.14. The number of hydrogen-bond acceptors (Lipinski definition) is 6. The molecule has 0 saturated heterocycles. The first-order chi connectivity index (χ1) is 17.8. The maximum atomic E-state index is 13.2. The van der Waals surface area contributed by atoms with Crippen molar-refractivity contribution >= 4 is 61.6 Å². The monoisotopic (exact) mass is 675 g/mol. The molecule has 0 aliphatic heterocycles. The number of aromatic carboxylic acids is 1. The molecule has 0 fully saturated rings. The van der Waals surface area contributed by atoms with E-state index in [-0.39, 0.29) is 17.7 Å². The molecule has 0 aliphatic carbocycles. The zero-order valence-corrected chi connectivity index (χ0v) is 23.8. The lowest BCUT2D eigenvalue weighted by molar-refractivity contribution is 0.0697. The van der Waals surface area contributed by atoms with Crippen LogP contribution in [0.5, 0.6) is 11.5 Å². The predicted octanol–water partition coefficient (Wildman–Crippen LogP) is 5.88. The van der Waals surface area contributed by atoms with Crippen LogP contribution in [-0.2, 0) is 13.0 Å². The van der Waals surface area contributed by atoms with Gasteiger partial charge >= 0.3 is 5.97 Å². The summed E-state index contributed by atoms with van der Waals surface area (Å²) in [5, 5.41) is 14.0. The van der Waals surface area contributed by atoms with Crippen LogP contribution in [0.4, 0.5) is 0 Å². The van der Waals surface area contributed by atoms with Gasteiger partial charge in [-0.1, -0.05) is 35.0 Å². The zero-order valence-electron chi connectivity index (χ0n) is 20.1. The van der Waals surface area contributed by atoms with Gasteiger partial charge in [-0.05, 0) is 82.6 Å². The van der Waals surface area contributed by atoms with Crippen molar-refractivity contribution in [3.8, 4) is 11.5 Å². The topological polar surface area (TPSA) is 103 Å². The fourth-order valence-corrected chi connectivity index (χ4v) is 4.82. The zero-order chi connectivity index (χ0) is 26.5. The van der Waals surface area contributed by atoms with Gasteiger partial charge in [-0.15, -0.1) is 0 Å². The van der Waals surface area contributed by atoms with E-state index in [1.54, 1.807) is 37.6 Å². The highest BCUT2D eigenvalue weighted by atomic mass is 127. The first-order valence-electron chi connectivity index (χ1n) is 11.4. The number of benzene rings is 3. The van der Waals surface area contributed by atoms with E-state index in [0.29, 0.717) is 34.6 Å². The number of nitrogens with zero attached hydrogens (tertiary/aromatic N) is 3. The number of carbonyl (C=O) groups is 1. The Bertz CT molecular complexity index is 1550. The van der Waals surface area contributed by atoms with Crippen LogP contribution >= 0.6 is 38.5 Å². The fraction of sp³-hybridized carbons (Fsp3) is 0.185. The Morgan fingerprint density at radius 3 is 2.62 bits per heavy atom. The summed E-state index contributed by atoms with van der Waals surface area (Å²) in [5.74, 6) is 0.687. The molecule has 1 heterocycles. The predicted molar refractivity (Wildman–Crippen MR) is 154 cm³/mol. The van der Waals surface area contributed by atoms with Crippen LogP contribution in [0, 0.1) is 3.57 Å². The second-order valence-corrected chi connectivity index (χ2v) is 10.2. The summed E-state index contributed by atoms with van der Waals surface area (Å²) in [4.78, 5) is 28.9. The molecule has 0 unspecified atom stereocenters. The minimum absolute atomic E-state index is 0.218. The summed E-state index contributed by atoms with van der Waals surface area (Å²) < 4.78 is 14.5. The second-order valence-electron chi connectivity index (χ2n) is 8.13. The van der Waals surface area contributed by atoms with Gasteiger partial charge in [0.15, 0.2) is 11.5 Å². The van der Waals surface area contributed by atoms with Crippen molar-refractivity contribution in [2.24, 2.45) is 5.10 Å². The average Bonchev–Trinajstić information content (AvgIpc) is 2.88. The molecule has 0 amide bonds. The third-order valence-electron chi connectivity index (χ3n) is 5.51. The maximum Gasteiger partial charge on any atom is 0.335 e. The van der Waals surface area contributed by atoms with E-state index in [2.05, 4.69) is 48.6 Å². The lowest BCUT2D eigenvalue weighted by Gasteiger charge is -2.14. The van der Waals surface area contributed by atoms with Gasteiger partial charge in [0.1, 0.15) is 12.4 Å². The molecule has 1 N–H and O–H groups in total. The van der Waals surface area contributed by atoms with Crippen LogP contribution in [-0.4, -0.2) is 34.1 Å². The largest absolute Gasteiger partial charge is 0.493 e. The van der Waals surface area contributed by atoms with Crippen molar-refractivity contribution in [3.63, 3.8) is 0 Å². The van der Waals surface area contributed by atoms with Crippen LogP contribution in [0.2, 0.25) is 0 Å². The smallest absolute Gasteiger partial charge is 0.335 e. The molecule has 8 nitrogen and oxygen atoms in total. The molecule has 0 spiro atoms. The summed E-state index contributed by atoms with van der Waals surface area (Å²) in [5.41, 5.74) is 2.17. The quantitative estimate of drug-likeness (QED) is 0.176. The van der Waals surface area contributed by atoms with Gasteiger partial charge in [-0.2, -0.15) is 9.78 Å². The van der Waals surface area contributed by atoms with E-state index in [0.717, 1.165) is 25.6 Å². The first-order valence-corrected chi connectivity index (χ1v) is 13.3. The number of fused-ring (bicyclic) bond motifs is 1. The molecule has 4 rings (SSSR count). The maximum absolute atomic E-state index is 13.2. The molecule has 4 aromatic rings. The average molecular weight is 676 g/mol. The molecule has 3 aromatic carbocycles. The Labute approximate surface area is 235 Å². The first kappa shape index (κ1) is 26.8. The lowest BCUT2D eigenvalue weighted by atomic mass is 10.1. The van der Waals surface area contributed by atoms with Gasteiger partial charge in [-0.3, -0.25) is 4.79 Å². The number of hydrogen-bond donors (Lipinski definition) is 1. The van der Waals surface area contributed by atoms with E-state index >= 15 is 0 Å². The van der Waals surface area contributed by atoms with E-state index in [9.17, 15) is 9.59 Å². The summed E-state index contributed by atoms with van der Waals surface area (Å²) in [7, 11) is 1.55. The fourth-order valence-electron chi connectivity index (χ4n) is 3.68. The Kier molecular flexibility index (Phi) is 8.59. The van der Waals surface area contributed by atoms with Gasteiger partial charge in [0, 0.05) is 10.9 Å². The molecule has 0 radical (unpaired) electrons. The molecular formula is C27H23BrIN3O5. The van der Waals surface area contributed by atoms with Gasteiger partial charge < -0.3 is 14.6 Å². The third-order valence-corrected chi connectivity index (χ3v) is 6.80. The van der Waals surface area contributed by atoms with Crippen molar-refractivity contribution in [3.05, 3.63) is 95.5 Å². The number of rotatable bonds is 9. The minimum atomic E-state index is -0.975. The van der Waals surface area contributed by atoms with E-state index in [4.69, 9.17) is 14.6 Å². The Morgan fingerprint density at radius 2 is 1.95 bits per heavy atom. The molecule has 190 valence electrons. The van der Waals surface area contributed by atoms with Crippen LogP contribution in [0.25, 0.3) is 10.9 Å². The van der Waals surface area contributed by atoms with Gasteiger partial charge in [0.05, 0.1) is 33.4 Å². The molecule has 0 atom stereocenters. The number of aryl methyl sites for hydroxylation is 1. The van der Waals surface area contributed by atoms with Gasteiger partial charge in [0.25, 0.3) is 5.56 Å². The van der Waals surface area contributed by atoms with E-state index in [1.165, 1.54) is 16.8 Å². The SMILES string of the molecule is CCCc1nc2ccc(Br)cc2c(=O)n1N=Cc1cc(I)c(OCc2ccc(C(=O)O)cc2)c(OC)c1. The highest BCUT2D eigenvalue weighted by molar-refractivity contribution is 14.1. The van der Waals surface area contributed by atoms with E-state index < -0.39 is 5.97 Å². The third kappa shape index (κ3) is 6.19.